The Bertz CT molecular complexity index is 1090. The number of likely N-dealkylation sites (N-methyl/N-ethyl adjacent to an activating group) is 1. The fourth-order valence-corrected chi connectivity index (χ4v) is 2.83. The standard InChI is InChI=1S/C12H9N.C8H15NO2.C8H8/c1-3-7-11-9(5-1)10-6-2-4-8-12(10)13-11;1-7(2)8(10)11-6-5-9(3)4;1-2-8-6-4-3-5-7-8/h1-8,13H;1,5-6H2,2-4H3;2-7H,1H2. The Balaban J connectivity index is 0.000000176. The molecule has 0 unspecified atom stereocenters. The maximum absolute atomic E-state index is 10.8. The molecule has 166 valence electrons. The number of hydrogen-bond acceptors (Lipinski definition) is 3. The summed E-state index contributed by atoms with van der Waals surface area (Å²) >= 11 is 0. The smallest absolute Gasteiger partial charge is 0.333 e. The zero-order valence-electron chi connectivity index (χ0n) is 19.2. The predicted octanol–water partition coefficient (Wildman–Crippen LogP) is 6.32. The van der Waals surface area contributed by atoms with E-state index in [1.54, 1.807) is 6.92 Å². The van der Waals surface area contributed by atoms with E-state index in [-0.39, 0.29) is 5.97 Å². The second kappa shape index (κ2) is 12.9. The van der Waals surface area contributed by atoms with Crippen LogP contribution in [0.25, 0.3) is 27.9 Å². The minimum absolute atomic E-state index is 0.313. The minimum atomic E-state index is -0.313. The number of carbonyl (C=O) groups is 1. The van der Waals surface area contributed by atoms with Gasteiger partial charge in [-0.1, -0.05) is 86.0 Å². The number of esters is 1. The van der Waals surface area contributed by atoms with Crippen molar-refractivity contribution in [2.24, 2.45) is 0 Å². The maximum atomic E-state index is 10.8. The highest BCUT2D eigenvalue weighted by Crippen LogP contribution is 2.24. The van der Waals surface area contributed by atoms with Gasteiger partial charge in [0.25, 0.3) is 0 Å². The Morgan fingerprint density at radius 3 is 1.84 bits per heavy atom. The highest BCUT2D eigenvalue weighted by molar-refractivity contribution is 6.06. The fraction of sp³-hybridized carbons (Fsp3) is 0.179. The van der Waals surface area contributed by atoms with Gasteiger partial charge in [0.1, 0.15) is 6.61 Å². The van der Waals surface area contributed by atoms with Crippen molar-refractivity contribution in [2.45, 2.75) is 6.92 Å². The molecule has 4 rings (SSSR count). The normalized spacial score (nSPS) is 10.0. The third-order valence-corrected chi connectivity index (χ3v) is 4.57. The van der Waals surface area contributed by atoms with Crippen LogP contribution in [-0.2, 0) is 9.53 Å². The van der Waals surface area contributed by atoms with Crippen molar-refractivity contribution in [1.82, 2.24) is 9.88 Å². The summed E-state index contributed by atoms with van der Waals surface area (Å²) in [5.41, 5.74) is 4.05. The van der Waals surface area contributed by atoms with Crippen molar-refractivity contribution in [2.75, 3.05) is 27.2 Å². The molecule has 0 spiro atoms. The van der Waals surface area contributed by atoms with Crippen molar-refractivity contribution in [3.05, 3.63) is 103 Å². The zero-order chi connectivity index (χ0) is 23.3. The van der Waals surface area contributed by atoms with Crippen molar-refractivity contribution in [3.63, 3.8) is 0 Å². The molecule has 1 aromatic heterocycles. The first-order valence-electron chi connectivity index (χ1n) is 10.5. The largest absolute Gasteiger partial charge is 0.461 e. The van der Waals surface area contributed by atoms with Crippen LogP contribution in [0.1, 0.15) is 12.5 Å². The number of para-hydroxylation sites is 2. The Morgan fingerprint density at radius 2 is 1.41 bits per heavy atom. The third kappa shape index (κ3) is 7.89. The van der Waals surface area contributed by atoms with Gasteiger partial charge >= 0.3 is 5.97 Å². The van der Waals surface area contributed by atoms with Crippen molar-refractivity contribution in [3.8, 4) is 0 Å². The number of aromatic amines is 1. The van der Waals surface area contributed by atoms with E-state index in [0.717, 1.165) is 6.54 Å². The van der Waals surface area contributed by atoms with Crippen LogP contribution in [0.2, 0.25) is 0 Å². The minimum Gasteiger partial charge on any atom is -0.461 e. The van der Waals surface area contributed by atoms with Gasteiger partial charge in [0, 0.05) is 33.9 Å². The monoisotopic (exact) mass is 428 g/mol. The van der Waals surface area contributed by atoms with Gasteiger partial charge in [0.15, 0.2) is 0 Å². The van der Waals surface area contributed by atoms with E-state index in [4.69, 9.17) is 4.74 Å². The number of H-pyrrole nitrogens is 1. The summed E-state index contributed by atoms with van der Waals surface area (Å²) < 4.78 is 4.83. The molecule has 1 N–H and O–H groups in total. The second-order valence-corrected chi connectivity index (χ2v) is 7.55. The predicted molar refractivity (Wildman–Crippen MR) is 137 cm³/mol. The summed E-state index contributed by atoms with van der Waals surface area (Å²) in [6.45, 7) is 9.91. The molecule has 0 aliphatic heterocycles. The summed E-state index contributed by atoms with van der Waals surface area (Å²) in [4.78, 5) is 16.1. The number of carbonyl (C=O) groups excluding carboxylic acids is 1. The Labute approximate surface area is 190 Å². The zero-order valence-corrected chi connectivity index (χ0v) is 19.2. The number of rotatable bonds is 5. The molecule has 32 heavy (non-hydrogen) atoms. The molecule has 1 heterocycles. The van der Waals surface area contributed by atoms with Gasteiger partial charge in [-0.2, -0.15) is 0 Å². The molecule has 0 aliphatic rings. The molecule has 0 amide bonds. The van der Waals surface area contributed by atoms with E-state index in [0.29, 0.717) is 12.2 Å². The first-order valence-corrected chi connectivity index (χ1v) is 10.5. The topological polar surface area (TPSA) is 45.3 Å². The highest BCUT2D eigenvalue weighted by Gasteiger charge is 2.02. The Hall–Kier alpha value is -3.63. The molecule has 3 aromatic carbocycles. The molecule has 0 atom stereocenters. The fourth-order valence-electron chi connectivity index (χ4n) is 2.83. The van der Waals surface area contributed by atoms with Crippen LogP contribution < -0.4 is 0 Å². The lowest BCUT2D eigenvalue weighted by Crippen LogP contribution is -2.20. The first kappa shape index (κ1) is 24.6. The Morgan fingerprint density at radius 1 is 0.906 bits per heavy atom. The SMILES string of the molecule is C=C(C)C(=O)OCCN(C)C.C=Cc1ccccc1.c1ccc2c(c1)[nH]c1ccccc12. The molecule has 0 fully saturated rings. The van der Waals surface area contributed by atoms with Crippen LogP contribution in [0.5, 0.6) is 0 Å². The molecular formula is C28H32N2O2. The molecule has 0 radical (unpaired) electrons. The molecular weight excluding hydrogens is 396 g/mol. The van der Waals surface area contributed by atoms with E-state index in [2.05, 4.69) is 66.7 Å². The molecule has 0 saturated carbocycles. The third-order valence-electron chi connectivity index (χ3n) is 4.57. The average Bonchev–Trinajstić information content (AvgIpc) is 3.19. The number of ether oxygens (including phenoxy) is 1. The van der Waals surface area contributed by atoms with Crippen molar-refractivity contribution in [1.29, 1.82) is 0 Å². The van der Waals surface area contributed by atoms with Crippen LogP contribution in [0.4, 0.5) is 0 Å². The van der Waals surface area contributed by atoms with Gasteiger partial charge in [-0.05, 0) is 38.7 Å². The summed E-state index contributed by atoms with van der Waals surface area (Å²) in [6, 6.07) is 26.8. The number of nitrogens with one attached hydrogen (secondary N) is 1. The van der Waals surface area contributed by atoms with Crippen molar-refractivity contribution >= 4 is 33.9 Å². The van der Waals surface area contributed by atoms with Crippen LogP contribution >= 0.6 is 0 Å². The number of benzene rings is 3. The quantitative estimate of drug-likeness (QED) is 0.299. The summed E-state index contributed by atoms with van der Waals surface area (Å²) in [5, 5.41) is 2.61. The van der Waals surface area contributed by atoms with E-state index in [1.165, 1.54) is 27.4 Å². The number of aromatic nitrogens is 1. The van der Waals surface area contributed by atoms with Crippen LogP contribution in [0.15, 0.2) is 97.6 Å². The summed E-state index contributed by atoms with van der Waals surface area (Å²) in [5.74, 6) is -0.313. The first-order chi connectivity index (χ1) is 15.4. The average molecular weight is 429 g/mol. The highest BCUT2D eigenvalue weighted by atomic mass is 16.5. The molecule has 0 aliphatic carbocycles. The number of fused-ring (bicyclic) bond motifs is 3. The van der Waals surface area contributed by atoms with Crippen LogP contribution in [0.3, 0.4) is 0 Å². The molecule has 4 heteroatoms. The van der Waals surface area contributed by atoms with E-state index < -0.39 is 0 Å². The van der Waals surface area contributed by atoms with Crippen molar-refractivity contribution < 1.29 is 9.53 Å². The maximum Gasteiger partial charge on any atom is 0.333 e. The van der Waals surface area contributed by atoms with E-state index in [9.17, 15) is 4.79 Å². The van der Waals surface area contributed by atoms with E-state index in [1.807, 2.05) is 55.4 Å². The molecule has 0 saturated heterocycles. The second-order valence-electron chi connectivity index (χ2n) is 7.55. The van der Waals surface area contributed by atoms with Crippen LogP contribution in [0, 0.1) is 0 Å². The van der Waals surface area contributed by atoms with Gasteiger partial charge in [0.2, 0.25) is 0 Å². The van der Waals surface area contributed by atoms with E-state index >= 15 is 0 Å². The number of hydrogen-bond donors (Lipinski definition) is 1. The van der Waals surface area contributed by atoms with Gasteiger partial charge in [-0.15, -0.1) is 0 Å². The lowest BCUT2D eigenvalue weighted by atomic mass is 10.2. The lowest BCUT2D eigenvalue weighted by Gasteiger charge is -2.09. The molecule has 0 bridgehead atoms. The summed E-state index contributed by atoms with van der Waals surface area (Å²) in [6.07, 6.45) is 1.83. The Kier molecular flexibility index (Phi) is 9.95. The lowest BCUT2D eigenvalue weighted by molar-refractivity contribution is -0.139. The molecule has 4 nitrogen and oxygen atoms in total. The van der Waals surface area contributed by atoms with Crippen LogP contribution in [-0.4, -0.2) is 43.1 Å². The van der Waals surface area contributed by atoms with Gasteiger partial charge in [-0.3, -0.25) is 0 Å². The number of nitrogens with zero attached hydrogens (tertiary/aromatic N) is 1. The molecule has 4 aromatic rings. The van der Waals surface area contributed by atoms with Gasteiger partial charge in [-0.25, -0.2) is 4.79 Å². The van der Waals surface area contributed by atoms with Gasteiger partial charge < -0.3 is 14.6 Å². The summed E-state index contributed by atoms with van der Waals surface area (Å²) in [7, 11) is 3.85. The van der Waals surface area contributed by atoms with Gasteiger partial charge in [0.05, 0.1) is 0 Å².